The van der Waals surface area contributed by atoms with Crippen molar-refractivity contribution in [2.45, 2.75) is 71.3 Å². The van der Waals surface area contributed by atoms with Crippen molar-refractivity contribution in [3.8, 4) is 0 Å². The van der Waals surface area contributed by atoms with E-state index in [4.69, 9.17) is 4.74 Å². The van der Waals surface area contributed by atoms with Crippen LogP contribution in [0.3, 0.4) is 0 Å². The maximum Gasteiger partial charge on any atom is 0.261 e. The highest BCUT2D eigenvalue weighted by molar-refractivity contribution is 4.66. The number of alkyl halides is 2. The molecule has 1 N–H and O–H groups in total. The highest BCUT2D eigenvalue weighted by atomic mass is 19.3. The normalized spacial score (nSPS) is 13.2. The van der Waals surface area contributed by atoms with Gasteiger partial charge in [-0.1, -0.05) is 39.5 Å². The number of hydrogen-bond acceptors (Lipinski definition) is 2. The Kier molecular flexibility index (Phi) is 13.1. The van der Waals surface area contributed by atoms with Crippen LogP contribution in [0, 0.1) is 0 Å². The van der Waals surface area contributed by atoms with Gasteiger partial charge in [0, 0.05) is 12.6 Å². The smallest absolute Gasteiger partial charge is 0.261 e. The van der Waals surface area contributed by atoms with Crippen LogP contribution in [0.25, 0.3) is 0 Å². The van der Waals surface area contributed by atoms with E-state index >= 15 is 0 Å². The first kappa shape index (κ1) is 17.8. The quantitative estimate of drug-likeness (QED) is 0.508. The molecule has 0 bridgehead atoms. The molecule has 2 nitrogen and oxygen atoms in total. The van der Waals surface area contributed by atoms with Gasteiger partial charge in [0.25, 0.3) is 6.43 Å². The Bertz CT molecular complexity index is 168. The van der Waals surface area contributed by atoms with Crippen molar-refractivity contribution >= 4 is 0 Å². The Labute approximate surface area is 110 Å². The lowest BCUT2D eigenvalue weighted by Crippen LogP contribution is -2.31. The van der Waals surface area contributed by atoms with Crippen molar-refractivity contribution in [3.63, 3.8) is 0 Å². The minimum atomic E-state index is -2.35. The molecule has 0 heterocycles. The third-order valence-corrected chi connectivity index (χ3v) is 2.94. The summed E-state index contributed by atoms with van der Waals surface area (Å²) in [7, 11) is 0. The van der Waals surface area contributed by atoms with Crippen molar-refractivity contribution in [2.24, 2.45) is 0 Å². The largest absolute Gasteiger partial charge is 0.375 e. The highest BCUT2D eigenvalue weighted by Gasteiger charge is 2.08. The third kappa shape index (κ3) is 12.2. The van der Waals surface area contributed by atoms with Gasteiger partial charge < -0.3 is 10.1 Å². The molecule has 0 amide bonds. The molecule has 1 atom stereocenters. The van der Waals surface area contributed by atoms with Gasteiger partial charge in [0.05, 0.1) is 0 Å². The second kappa shape index (κ2) is 13.2. The van der Waals surface area contributed by atoms with Crippen LogP contribution >= 0.6 is 0 Å². The molecule has 0 spiro atoms. The summed E-state index contributed by atoms with van der Waals surface area (Å²) in [6.45, 7) is 5.32. The van der Waals surface area contributed by atoms with Crippen LogP contribution in [0.5, 0.6) is 0 Å². The van der Waals surface area contributed by atoms with Crippen molar-refractivity contribution in [1.82, 2.24) is 5.32 Å². The fraction of sp³-hybridized carbons (Fsp3) is 1.00. The summed E-state index contributed by atoms with van der Waals surface area (Å²) in [4.78, 5) is 0. The van der Waals surface area contributed by atoms with E-state index in [1.807, 2.05) is 0 Å². The first-order valence-corrected chi connectivity index (χ1v) is 7.29. The van der Waals surface area contributed by atoms with Gasteiger partial charge in [-0.3, -0.25) is 0 Å². The summed E-state index contributed by atoms with van der Waals surface area (Å²) in [5.41, 5.74) is 0. The van der Waals surface area contributed by atoms with E-state index in [2.05, 4.69) is 19.2 Å². The molecule has 0 aliphatic rings. The molecule has 18 heavy (non-hydrogen) atoms. The van der Waals surface area contributed by atoms with Crippen LogP contribution in [0.1, 0.15) is 58.8 Å². The topological polar surface area (TPSA) is 21.3 Å². The summed E-state index contributed by atoms with van der Waals surface area (Å²) >= 11 is 0. The van der Waals surface area contributed by atoms with Gasteiger partial charge in [-0.25, -0.2) is 8.78 Å². The van der Waals surface area contributed by atoms with Crippen LogP contribution in [0.15, 0.2) is 0 Å². The van der Waals surface area contributed by atoms with Crippen LogP contribution < -0.4 is 5.32 Å². The van der Waals surface area contributed by atoms with Gasteiger partial charge in [-0.2, -0.15) is 0 Å². The molecule has 0 aromatic heterocycles. The van der Waals surface area contributed by atoms with Crippen molar-refractivity contribution in [2.75, 3.05) is 19.8 Å². The van der Waals surface area contributed by atoms with Crippen LogP contribution in [0.2, 0.25) is 0 Å². The Balaban J connectivity index is 3.62. The van der Waals surface area contributed by atoms with E-state index in [0.717, 1.165) is 25.8 Å². The average Bonchev–Trinajstić information content (AvgIpc) is 2.35. The first-order chi connectivity index (χ1) is 8.70. The molecular weight excluding hydrogens is 236 g/mol. The number of rotatable bonds is 13. The fourth-order valence-corrected chi connectivity index (χ4v) is 1.91. The molecule has 0 aliphatic heterocycles. The maximum absolute atomic E-state index is 11.9. The number of halogens is 2. The van der Waals surface area contributed by atoms with E-state index in [-0.39, 0.29) is 0 Å². The minimum absolute atomic E-state index is 0.416. The molecular formula is C14H29F2NO. The summed E-state index contributed by atoms with van der Waals surface area (Å²) in [6, 6.07) is 0.416. The van der Waals surface area contributed by atoms with E-state index < -0.39 is 13.0 Å². The lowest BCUT2D eigenvalue weighted by molar-refractivity contribution is 0.0141. The minimum Gasteiger partial charge on any atom is -0.375 e. The number of nitrogens with one attached hydrogen (secondary N) is 1. The predicted molar refractivity (Wildman–Crippen MR) is 72.3 cm³/mol. The summed E-state index contributed by atoms with van der Waals surface area (Å²) in [6.07, 6.45) is 5.70. The molecule has 0 rings (SSSR count). The molecule has 0 saturated heterocycles. The standard InChI is InChI=1S/C14H29F2NO/c1-3-5-6-7-8-13(17-10-4-2)9-11-18-12-14(15)16/h13-14,17H,3-12H2,1-2H3. The third-order valence-electron chi connectivity index (χ3n) is 2.94. The molecule has 0 aromatic carbocycles. The van der Waals surface area contributed by atoms with E-state index in [1.54, 1.807) is 0 Å². The Hall–Kier alpha value is -0.220. The summed E-state index contributed by atoms with van der Waals surface area (Å²) < 4.78 is 28.8. The molecule has 110 valence electrons. The zero-order valence-corrected chi connectivity index (χ0v) is 11.9. The van der Waals surface area contributed by atoms with Gasteiger partial charge in [-0.15, -0.1) is 0 Å². The Morgan fingerprint density at radius 2 is 1.78 bits per heavy atom. The molecule has 0 saturated carbocycles. The second-order valence-corrected chi connectivity index (χ2v) is 4.76. The van der Waals surface area contributed by atoms with Gasteiger partial charge in [0.1, 0.15) is 6.61 Å². The zero-order valence-electron chi connectivity index (χ0n) is 11.9. The summed E-state index contributed by atoms with van der Waals surface area (Å²) in [5, 5.41) is 3.47. The fourth-order valence-electron chi connectivity index (χ4n) is 1.91. The molecule has 1 unspecified atom stereocenters. The summed E-state index contributed by atoms with van der Waals surface area (Å²) in [5.74, 6) is 0. The lowest BCUT2D eigenvalue weighted by Gasteiger charge is -2.18. The van der Waals surface area contributed by atoms with Crippen molar-refractivity contribution < 1.29 is 13.5 Å². The molecule has 0 fully saturated rings. The predicted octanol–water partition coefficient (Wildman–Crippen LogP) is 4.00. The number of ether oxygens (including phenoxy) is 1. The van der Waals surface area contributed by atoms with E-state index in [1.165, 1.54) is 25.7 Å². The molecule has 0 aromatic rings. The van der Waals surface area contributed by atoms with Crippen LogP contribution in [-0.4, -0.2) is 32.2 Å². The molecule has 0 aliphatic carbocycles. The van der Waals surface area contributed by atoms with Gasteiger partial charge in [0.15, 0.2) is 0 Å². The molecule has 0 radical (unpaired) electrons. The van der Waals surface area contributed by atoms with Crippen molar-refractivity contribution in [3.05, 3.63) is 0 Å². The second-order valence-electron chi connectivity index (χ2n) is 4.76. The average molecular weight is 265 g/mol. The Morgan fingerprint density at radius 3 is 2.39 bits per heavy atom. The number of unbranched alkanes of at least 4 members (excludes halogenated alkanes) is 3. The monoisotopic (exact) mass is 265 g/mol. The van der Waals surface area contributed by atoms with E-state index in [9.17, 15) is 8.78 Å². The Morgan fingerprint density at radius 1 is 1.00 bits per heavy atom. The van der Waals surface area contributed by atoms with Crippen molar-refractivity contribution in [1.29, 1.82) is 0 Å². The number of hydrogen-bond donors (Lipinski definition) is 1. The van der Waals surface area contributed by atoms with Gasteiger partial charge in [0.2, 0.25) is 0 Å². The zero-order chi connectivity index (χ0) is 13.6. The first-order valence-electron chi connectivity index (χ1n) is 7.29. The highest BCUT2D eigenvalue weighted by Crippen LogP contribution is 2.08. The SMILES string of the molecule is CCCCCCC(CCOCC(F)F)NCCC. The van der Waals surface area contributed by atoms with Gasteiger partial charge >= 0.3 is 0 Å². The van der Waals surface area contributed by atoms with Gasteiger partial charge in [-0.05, 0) is 25.8 Å². The maximum atomic E-state index is 11.9. The lowest BCUT2D eigenvalue weighted by atomic mass is 10.0. The molecule has 4 heteroatoms. The van der Waals surface area contributed by atoms with E-state index in [0.29, 0.717) is 12.6 Å². The van der Waals surface area contributed by atoms with Crippen LogP contribution in [-0.2, 0) is 4.74 Å². The van der Waals surface area contributed by atoms with Crippen LogP contribution in [0.4, 0.5) is 8.78 Å².